The predicted octanol–water partition coefficient (Wildman–Crippen LogP) is 2.99. The number of carbonyl (C=O) groups is 1. The third kappa shape index (κ3) is 2.70. The van der Waals surface area contributed by atoms with Crippen molar-refractivity contribution in [3.63, 3.8) is 0 Å². The number of rotatable bonds is 3. The number of benzene rings is 1. The van der Waals surface area contributed by atoms with Crippen molar-refractivity contribution in [1.82, 2.24) is 4.98 Å². The van der Waals surface area contributed by atoms with Crippen LogP contribution < -0.4 is 5.32 Å². The summed E-state index contributed by atoms with van der Waals surface area (Å²) in [6.45, 7) is 0. The molecule has 0 aliphatic rings. The van der Waals surface area contributed by atoms with E-state index in [9.17, 15) is 4.79 Å². The van der Waals surface area contributed by atoms with Gasteiger partial charge in [-0.05, 0) is 18.4 Å². The number of nitriles is 1. The summed E-state index contributed by atoms with van der Waals surface area (Å²) in [5.74, 6) is -0.209. The minimum absolute atomic E-state index is 0.209. The van der Waals surface area contributed by atoms with Gasteiger partial charge in [-0.15, -0.1) is 11.8 Å². The Kier molecular flexibility index (Phi) is 3.97. The summed E-state index contributed by atoms with van der Waals surface area (Å²) in [4.78, 5) is 17.4. The zero-order chi connectivity index (χ0) is 13.0. The molecule has 0 unspecified atom stereocenters. The van der Waals surface area contributed by atoms with Crippen molar-refractivity contribution < 1.29 is 4.79 Å². The molecule has 2 aromatic rings. The number of thioether (sulfide) groups is 1. The number of amides is 1. The Balaban J connectivity index is 2.19. The van der Waals surface area contributed by atoms with E-state index in [0.29, 0.717) is 15.6 Å². The Labute approximate surface area is 113 Å². The maximum atomic E-state index is 12.1. The average molecular weight is 275 g/mol. The van der Waals surface area contributed by atoms with E-state index in [1.807, 2.05) is 30.5 Å². The first-order valence-corrected chi connectivity index (χ1v) is 7.09. The summed E-state index contributed by atoms with van der Waals surface area (Å²) >= 11 is 2.67. The van der Waals surface area contributed by atoms with Gasteiger partial charge < -0.3 is 0 Å². The van der Waals surface area contributed by atoms with Gasteiger partial charge >= 0.3 is 0 Å². The SMILES string of the molecule is CSc1ccccc1C(=O)Nc1ncc(C#N)s1. The van der Waals surface area contributed by atoms with Crippen molar-refractivity contribution >= 4 is 34.1 Å². The molecule has 0 radical (unpaired) electrons. The molecule has 2 rings (SSSR count). The molecule has 0 aliphatic heterocycles. The predicted molar refractivity (Wildman–Crippen MR) is 73.0 cm³/mol. The fourth-order valence-corrected chi connectivity index (χ4v) is 2.58. The third-order valence-corrected chi connectivity index (χ3v) is 3.80. The van der Waals surface area contributed by atoms with Crippen LogP contribution in [0.5, 0.6) is 0 Å². The van der Waals surface area contributed by atoms with Crippen molar-refractivity contribution in [1.29, 1.82) is 5.26 Å². The first kappa shape index (κ1) is 12.6. The van der Waals surface area contributed by atoms with Crippen LogP contribution in [0.3, 0.4) is 0 Å². The van der Waals surface area contributed by atoms with Crippen molar-refractivity contribution in [2.45, 2.75) is 4.90 Å². The van der Waals surface area contributed by atoms with Gasteiger partial charge in [0, 0.05) is 4.90 Å². The van der Waals surface area contributed by atoms with Crippen LogP contribution in [-0.4, -0.2) is 17.1 Å². The van der Waals surface area contributed by atoms with E-state index in [4.69, 9.17) is 5.26 Å². The van der Waals surface area contributed by atoms with Gasteiger partial charge in [0.05, 0.1) is 11.8 Å². The number of carbonyl (C=O) groups excluding carboxylic acids is 1. The van der Waals surface area contributed by atoms with E-state index >= 15 is 0 Å². The highest BCUT2D eigenvalue weighted by Gasteiger charge is 2.12. The molecule has 4 nitrogen and oxygen atoms in total. The van der Waals surface area contributed by atoms with Crippen molar-refractivity contribution in [3.8, 4) is 6.07 Å². The monoisotopic (exact) mass is 275 g/mol. The summed E-state index contributed by atoms with van der Waals surface area (Å²) in [6.07, 6.45) is 3.37. The van der Waals surface area contributed by atoms with Crippen molar-refractivity contribution in [3.05, 3.63) is 40.9 Å². The maximum Gasteiger partial charge on any atom is 0.258 e. The lowest BCUT2D eigenvalue weighted by atomic mass is 10.2. The highest BCUT2D eigenvalue weighted by molar-refractivity contribution is 7.98. The molecule has 6 heteroatoms. The molecular formula is C12H9N3OS2. The van der Waals surface area contributed by atoms with Crippen LogP contribution in [0.2, 0.25) is 0 Å². The minimum Gasteiger partial charge on any atom is -0.298 e. The maximum absolute atomic E-state index is 12.1. The Morgan fingerprint density at radius 2 is 2.28 bits per heavy atom. The summed E-state index contributed by atoms with van der Waals surface area (Å²) < 4.78 is 0. The van der Waals surface area contributed by atoms with Gasteiger partial charge in [-0.3, -0.25) is 10.1 Å². The highest BCUT2D eigenvalue weighted by Crippen LogP contribution is 2.22. The minimum atomic E-state index is -0.209. The van der Waals surface area contributed by atoms with Crippen LogP contribution in [0.1, 0.15) is 15.2 Å². The Morgan fingerprint density at radius 1 is 1.50 bits per heavy atom. The van der Waals surface area contributed by atoms with E-state index in [-0.39, 0.29) is 5.91 Å². The number of nitrogens with zero attached hydrogens (tertiary/aromatic N) is 2. The van der Waals surface area contributed by atoms with Crippen LogP contribution >= 0.6 is 23.1 Å². The molecule has 90 valence electrons. The molecule has 1 amide bonds. The molecule has 1 heterocycles. The number of nitrogens with one attached hydrogen (secondary N) is 1. The lowest BCUT2D eigenvalue weighted by Gasteiger charge is -2.05. The molecule has 0 saturated carbocycles. The lowest BCUT2D eigenvalue weighted by molar-refractivity contribution is 0.102. The summed E-state index contributed by atoms with van der Waals surface area (Å²) in [6, 6.07) is 9.34. The van der Waals surface area contributed by atoms with Crippen molar-refractivity contribution in [2.24, 2.45) is 0 Å². The number of aromatic nitrogens is 1. The van der Waals surface area contributed by atoms with Gasteiger partial charge in [0.1, 0.15) is 10.9 Å². The van der Waals surface area contributed by atoms with Gasteiger partial charge in [-0.1, -0.05) is 23.5 Å². The van der Waals surface area contributed by atoms with E-state index in [1.165, 1.54) is 18.0 Å². The number of thiazole rings is 1. The van der Waals surface area contributed by atoms with Crippen LogP contribution in [0.25, 0.3) is 0 Å². The van der Waals surface area contributed by atoms with Gasteiger partial charge in [0.25, 0.3) is 5.91 Å². The summed E-state index contributed by atoms with van der Waals surface area (Å²) in [7, 11) is 0. The highest BCUT2D eigenvalue weighted by atomic mass is 32.2. The zero-order valence-electron chi connectivity index (χ0n) is 9.51. The quantitative estimate of drug-likeness (QED) is 0.874. The second kappa shape index (κ2) is 5.67. The lowest BCUT2D eigenvalue weighted by Crippen LogP contribution is -2.12. The van der Waals surface area contributed by atoms with E-state index < -0.39 is 0 Å². The molecule has 0 atom stereocenters. The smallest absolute Gasteiger partial charge is 0.258 e. The summed E-state index contributed by atoms with van der Waals surface area (Å²) in [5, 5.41) is 11.8. The largest absolute Gasteiger partial charge is 0.298 e. The molecule has 1 N–H and O–H groups in total. The Hall–Kier alpha value is -1.84. The van der Waals surface area contributed by atoms with Crippen molar-refractivity contribution in [2.75, 3.05) is 11.6 Å². The van der Waals surface area contributed by atoms with Gasteiger partial charge in [-0.25, -0.2) is 4.98 Å². The van der Waals surface area contributed by atoms with Crippen LogP contribution in [0.15, 0.2) is 35.4 Å². The van der Waals surface area contributed by atoms with E-state index in [1.54, 1.807) is 6.07 Å². The summed E-state index contributed by atoms with van der Waals surface area (Å²) in [5.41, 5.74) is 0.610. The van der Waals surface area contributed by atoms with Gasteiger partial charge in [-0.2, -0.15) is 5.26 Å². The standard InChI is InChI=1S/C12H9N3OS2/c1-17-10-5-3-2-4-9(10)11(16)15-12-14-7-8(6-13)18-12/h2-5,7H,1H3,(H,14,15,16). The first-order chi connectivity index (χ1) is 8.74. The second-order valence-electron chi connectivity index (χ2n) is 3.30. The molecule has 0 saturated heterocycles. The Bertz CT molecular complexity index is 616. The normalized spacial score (nSPS) is 9.78. The first-order valence-electron chi connectivity index (χ1n) is 5.05. The molecule has 0 aliphatic carbocycles. The van der Waals surface area contributed by atoms with Gasteiger partial charge in [0.15, 0.2) is 5.13 Å². The molecule has 1 aromatic carbocycles. The fraction of sp³-hybridized carbons (Fsp3) is 0.0833. The number of hydrogen-bond acceptors (Lipinski definition) is 5. The van der Waals surface area contributed by atoms with Crippen LogP contribution in [-0.2, 0) is 0 Å². The van der Waals surface area contributed by atoms with E-state index in [2.05, 4.69) is 10.3 Å². The number of hydrogen-bond donors (Lipinski definition) is 1. The molecule has 0 spiro atoms. The second-order valence-corrected chi connectivity index (χ2v) is 5.17. The zero-order valence-corrected chi connectivity index (χ0v) is 11.1. The molecular weight excluding hydrogens is 266 g/mol. The van der Waals surface area contributed by atoms with Crippen LogP contribution in [0.4, 0.5) is 5.13 Å². The molecule has 0 fully saturated rings. The molecule has 18 heavy (non-hydrogen) atoms. The van der Waals surface area contributed by atoms with Gasteiger partial charge in [0.2, 0.25) is 0 Å². The molecule has 1 aromatic heterocycles. The van der Waals surface area contributed by atoms with Crippen LogP contribution in [0, 0.1) is 11.3 Å². The molecule has 0 bridgehead atoms. The topological polar surface area (TPSA) is 65.8 Å². The fourth-order valence-electron chi connectivity index (χ4n) is 1.38. The third-order valence-electron chi connectivity index (χ3n) is 2.19. The Morgan fingerprint density at radius 3 is 2.94 bits per heavy atom. The average Bonchev–Trinajstić information content (AvgIpc) is 2.86. The number of anilines is 1. The van der Waals surface area contributed by atoms with E-state index in [0.717, 1.165) is 16.2 Å².